The summed E-state index contributed by atoms with van der Waals surface area (Å²) in [5, 5.41) is 11.3. The molecule has 0 atom stereocenters. The number of para-hydroxylation sites is 2. The molecule has 0 N–H and O–H groups in total. The second-order valence-electron chi connectivity index (χ2n) is 6.85. The number of nitro benzene ring substituents is 1. The van der Waals surface area contributed by atoms with Crippen LogP contribution in [0.5, 0.6) is 0 Å². The highest BCUT2D eigenvalue weighted by Gasteiger charge is 2.27. The van der Waals surface area contributed by atoms with Gasteiger partial charge in [0.15, 0.2) is 0 Å². The number of halogens is 1. The van der Waals surface area contributed by atoms with Crippen LogP contribution >= 0.6 is 0 Å². The van der Waals surface area contributed by atoms with Gasteiger partial charge in [-0.3, -0.25) is 10.1 Å². The molecular weight excluding hydrogens is 347 g/mol. The molecule has 27 heavy (non-hydrogen) atoms. The highest BCUT2D eigenvalue weighted by Crippen LogP contribution is 2.35. The zero-order valence-corrected chi connectivity index (χ0v) is 15.1. The molecule has 3 aromatic rings. The molecule has 0 saturated carbocycles. The summed E-state index contributed by atoms with van der Waals surface area (Å²) in [6.45, 7) is 3.48. The smallest absolute Gasteiger partial charge is 0.295 e. The number of anilines is 1. The first-order valence-electron chi connectivity index (χ1n) is 9.23. The van der Waals surface area contributed by atoms with Crippen molar-refractivity contribution in [2.45, 2.75) is 32.2 Å². The van der Waals surface area contributed by atoms with E-state index in [1.807, 2.05) is 23.1 Å². The first-order valence-corrected chi connectivity index (χ1v) is 9.23. The Labute approximate surface area is 156 Å². The summed E-state index contributed by atoms with van der Waals surface area (Å²) in [5.41, 5.74) is 2.47. The third kappa shape index (κ3) is 3.13. The van der Waals surface area contributed by atoms with E-state index in [1.54, 1.807) is 0 Å². The van der Waals surface area contributed by atoms with Gasteiger partial charge in [0.05, 0.1) is 22.0 Å². The predicted octanol–water partition coefficient (Wildman–Crippen LogP) is 4.49. The fourth-order valence-corrected chi connectivity index (χ4v) is 4.03. The Bertz CT molecular complexity index is 993. The number of hydrogen-bond acceptors (Lipinski definition) is 4. The van der Waals surface area contributed by atoms with Gasteiger partial charge in [-0.15, -0.1) is 0 Å². The molecule has 2 aromatic carbocycles. The minimum absolute atomic E-state index is 0.171. The molecule has 140 valence electrons. The number of aryl methyl sites for hydroxylation is 1. The van der Waals surface area contributed by atoms with E-state index in [4.69, 9.17) is 4.98 Å². The number of aromatic nitrogens is 2. The summed E-state index contributed by atoms with van der Waals surface area (Å²) < 4.78 is 15.7. The number of rotatable bonds is 4. The van der Waals surface area contributed by atoms with Crippen LogP contribution in [0.4, 0.5) is 15.8 Å². The van der Waals surface area contributed by atoms with Crippen molar-refractivity contribution in [2.24, 2.45) is 0 Å². The Hall–Kier alpha value is -2.96. The van der Waals surface area contributed by atoms with E-state index in [2.05, 4.69) is 17.6 Å². The van der Waals surface area contributed by atoms with E-state index in [0.29, 0.717) is 24.8 Å². The lowest BCUT2D eigenvalue weighted by atomic mass is 10.0. The Morgan fingerprint density at radius 3 is 2.67 bits per heavy atom. The molecule has 1 aliphatic rings. The number of benzene rings is 2. The number of hydrogen-bond donors (Lipinski definition) is 0. The zero-order valence-electron chi connectivity index (χ0n) is 15.1. The monoisotopic (exact) mass is 368 g/mol. The molecule has 7 heteroatoms. The molecular formula is C20H21FN4O2. The lowest BCUT2D eigenvalue weighted by Gasteiger charge is -2.34. The lowest BCUT2D eigenvalue weighted by molar-refractivity contribution is -0.384. The maximum Gasteiger partial charge on any atom is 0.295 e. The van der Waals surface area contributed by atoms with Gasteiger partial charge in [0.1, 0.15) is 17.3 Å². The van der Waals surface area contributed by atoms with Gasteiger partial charge in [-0.25, -0.2) is 9.37 Å². The molecule has 2 heterocycles. The van der Waals surface area contributed by atoms with Crippen LogP contribution in [0.2, 0.25) is 0 Å². The maximum atomic E-state index is 13.4. The molecule has 4 rings (SSSR count). The summed E-state index contributed by atoms with van der Waals surface area (Å²) in [5.74, 6) is 0.486. The Balaban J connectivity index is 1.60. The van der Waals surface area contributed by atoms with Crippen molar-refractivity contribution in [3.05, 3.63) is 64.2 Å². The number of piperidine rings is 1. The molecule has 1 saturated heterocycles. The average Bonchev–Trinajstić information content (AvgIpc) is 3.06. The van der Waals surface area contributed by atoms with Crippen LogP contribution in [0.15, 0.2) is 42.5 Å². The van der Waals surface area contributed by atoms with Crippen LogP contribution in [0.25, 0.3) is 11.0 Å². The van der Waals surface area contributed by atoms with Crippen molar-refractivity contribution in [3.8, 4) is 0 Å². The molecule has 0 aliphatic carbocycles. The highest BCUT2D eigenvalue weighted by atomic mass is 19.1. The van der Waals surface area contributed by atoms with Crippen LogP contribution < -0.4 is 4.90 Å². The summed E-state index contributed by atoms with van der Waals surface area (Å²) in [7, 11) is 0. The van der Waals surface area contributed by atoms with Gasteiger partial charge in [-0.1, -0.05) is 19.1 Å². The normalized spacial score (nSPS) is 15.4. The van der Waals surface area contributed by atoms with Crippen LogP contribution in [-0.2, 0) is 6.42 Å². The van der Waals surface area contributed by atoms with Gasteiger partial charge in [-0.2, -0.15) is 0 Å². The van der Waals surface area contributed by atoms with Gasteiger partial charge in [0, 0.05) is 25.6 Å². The summed E-state index contributed by atoms with van der Waals surface area (Å²) >= 11 is 0. The van der Waals surface area contributed by atoms with E-state index >= 15 is 0 Å². The Kier molecular flexibility index (Phi) is 4.51. The van der Waals surface area contributed by atoms with Gasteiger partial charge in [0.2, 0.25) is 0 Å². The summed E-state index contributed by atoms with van der Waals surface area (Å²) in [6.07, 6.45) is 2.59. The van der Waals surface area contributed by atoms with E-state index in [0.717, 1.165) is 42.2 Å². The lowest BCUT2D eigenvalue weighted by Crippen LogP contribution is -2.35. The molecule has 0 spiro atoms. The van der Waals surface area contributed by atoms with E-state index in [9.17, 15) is 14.5 Å². The summed E-state index contributed by atoms with van der Waals surface area (Å²) in [4.78, 5) is 17.5. The van der Waals surface area contributed by atoms with E-state index in [-0.39, 0.29) is 5.69 Å². The van der Waals surface area contributed by atoms with E-state index in [1.165, 1.54) is 12.1 Å². The zero-order chi connectivity index (χ0) is 19.0. The number of nitrogens with zero attached hydrogens (tertiary/aromatic N) is 4. The molecule has 1 aliphatic heterocycles. The quantitative estimate of drug-likeness (QED) is 0.503. The largest absolute Gasteiger partial charge is 0.366 e. The Morgan fingerprint density at radius 1 is 1.22 bits per heavy atom. The fraction of sp³-hybridized carbons (Fsp3) is 0.350. The van der Waals surface area contributed by atoms with Crippen LogP contribution in [0, 0.1) is 15.9 Å². The minimum Gasteiger partial charge on any atom is -0.366 e. The van der Waals surface area contributed by atoms with Crippen molar-refractivity contribution in [1.82, 2.24) is 9.55 Å². The minimum atomic E-state index is -0.585. The molecule has 1 fully saturated rings. The number of imidazole rings is 1. The Morgan fingerprint density at radius 2 is 1.96 bits per heavy atom. The van der Waals surface area contributed by atoms with Crippen molar-refractivity contribution in [3.63, 3.8) is 0 Å². The fourth-order valence-electron chi connectivity index (χ4n) is 4.03. The third-order valence-electron chi connectivity index (χ3n) is 5.29. The molecule has 0 bridgehead atoms. The molecule has 0 amide bonds. The van der Waals surface area contributed by atoms with E-state index < -0.39 is 10.7 Å². The number of fused-ring (bicyclic) bond motifs is 1. The maximum absolute atomic E-state index is 13.4. The second-order valence-corrected chi connectivity index (χ2v) is 6.85. The van der Waals surface area contributed by atoms with Crippen molar-refractivity contribution in [2.75, 3.05) is 18.0 Å². The second kappa shape index (κ2) is 6.98. The van der Waals surface area contributed by atoms with Gasteiger partial charge >= 0.3 is 0 Å². The van der Waals surface area contributed by atoms with Gasteiger partial charge in [-0.05, 0) is 37.1 Å². The highest BCUT2D eigenvalue weighted by molar-refractivity contribution is 5.76. The van der Waals surface area contributed by atoms with Crippen LogP contribution in [0.1, 0.15) is 31.6 Å². The number of nitro groups is 1. The van der Waals surface area contributed by atoms with Crippen molar-refractivity contribution >= 4 is 22.4 Å². The first-order chi connectivity index (χ1) is 13.1. The van der Waals surface area contributed by atoms with Crippen molar-refractivity contribution < 1.29 is 9.31 Å². The average molecular weight is 368 g/mol. The third-order valence-corrected chi connectivity index (χ3v) is 5.29. The SMILES string of the molecule is CCc1nc2ccccc2n1C1CCN(c2ccc(F)cc2[N+](=O)[O-])CC1. The molecule has 1 aromatic heterocycles. The first kappa shape index (κ1) is 17.5. The molecule has 0 unspecified atom stereocenters. The van der Waals surface area contributed by atoms with Crippen molar-refractivity contribution in [1.29, 1.82) is 0 Å². The summed E-state index contributed by atoms with van der Waals surface area (Å²) in [6, 6.07) is 12.3. The van der Waals surface area contributed by atoms with Crippen LogP contribution in [-0.4, -0.2) is 27.6 Å². The van der Waals surface area contributed by atoms with Gasteiger partial charge < -0.3 is 9.47 Å². The molecule has 0 radical (unpaired) electrons. The topological polar surface area (TPSA) is 64.2 Å². The predicted molar refractivity (Wildman–Crippen MR) is 103 cm³/mol. The van der Waals surface area contributed by atoms with Crippen LogP contribution in [0.3, 0.4) is 0 Å². The standard InChI is InChI=1S/C20H21FN4O2/c1-2-20-22-16-5-3-4-6-17(16)24(20)15-9-11-23(12-10-15)18-8-7-14(21)13-19(18)25(26)27/h3-8,13,15H,2,9-12H2,1H3. The molecule has 6 nitrogen and oxygen atoms in total. The van der Waals surface area contributed by atoms with Gasteiger partial charge in [0.25, 0.3) is 5.69 Å².